The van der Waals surface area contributed by atoms with E-state index in [1.807, 2.05) is 0 Å². The van der Waals surface area contributed by atoms with Gasteiger partial charge in [0, 0.05) is 32.1 Å². The van der Waals surface area contributed by atoms with Crippen LogP contribution in [0.4, 0.5) is 0 Å². The van der Waals surface area contributed by atoms with E-state index in [4.69, 9.17) is 4.74 Å². The Bertz CT molecular complexity index is 131. The molecule has 5 heteroatoms. The van der Waals surface area contributed by atoms with Crippen molar-refractivity contribution in [2.24, 2.45) is 0 Å². The number of ether oxygens (including phenoxy) is 1. The fraction of sp³-hybridized carbons (Fsp3) is 1.00. The van der Waals surface area contributed by atoms with Crippen molar-refractivity contribution >= 4 is 35.3 Å². The minimum absolute atomic E-state index is 0. The summed E-state index contributed by atoms with van der Waals surface area (Å²) < 4.78 is 8.68. The van der Waals surface area contributed by atoms with Gasteiger partial charge in [0.2, 0.25) is 0 Å². The third kappa shape index (κ3) is 17.6. The van der Waals surface area contributed by atoms with Crippen molar-refractivity contribution in [3.8, 4) is 0 Å². The summed E-state index contributed by atoms with van der Waals surface area (Å²) in [5.41, 5.74) is 0. The largest absolute Gasteiger partial charge is 0.381 e. The zero-order valence-corrected chi connectivity index (χ0v) is 13.7. The second kappa shape index (κ2) is 8.10. The molecule has 1 fully saturated rings. The fourth-order valence-corrected chi connectivity index (χ4v) is 10.6. The third-order valence-corrected chi connectivity index (χ3v) is 7.58. The van der Waals surface area contributed by atoms with Gasteiger partial charge in [-0.3, -0.25) is 0 Å². The molecule has 1 saturated heterocycles. The van der Waals surface area contributed by atoms with Crippen LogP contribution in [0.2, 0.25) is 39.3 Å². The zero-order chi connectivity index (χ0) is 11.2. The molecule has 0 spiro atoms. The van der Waals surface area contributed by atoms with Crippen molar-refractivity contribution in [3.05, 3.63) is 0 Å². The van der Waals surface area contributed by atoms with Gasteiger partial charge in [-0.1, -0.05) is 39.3 Å². The molecule has 1 rings (SSSR count). The average molecular weight is 240 g/mol. The molecule has 1 radical (unpaired) electrons. The van der Waals surface area contributed by atoms with Crippen LogP contribution in [0.1, 0.15) is 12.8 Å². The summed E-state index contributed by atoms with van der Waals surface area (Å²) in [5.74, 6) is 0. The molecule has 2 nitrogen and oxygen atoms in total. The maximum atomic E-state index is 4.94. The SMILES string of the molecule is C1CCOC1.C[Si](C)(C)N[Si](C)(C)C.[Li]. The van der Waals surface area contributed by atoms with E-state index in [0.717, 1.165) is 13.2 Å². The summed E-state index contributed by atoms with van der Waals surface area (Å²) in [4.78, 5) is 0. The van der Waals surface area contributed by atoms with E-state index in [9.17, 15) is 0 Å². The van der Waals surface area contributed by atoms with Crippen LogP contribution in [0, 0.1) is 0 Å². The molecule has 0 saturated carbocycles. The Labute approximate surface area is 110 Å². The molecular formula is C10H27LiNOSi2. The Balaban J connectivity index is 0. The molecule has 0 aliphatic carbocycles. The van der Waals surface area contributed by atoms with E-state index in [-0.39, 0.29) is 18.9 Å². The first-order chi connectivity index (χ1) is 6.21. The van der Waals surface area contributed by atoms with Gasteiger partial charge in [-0.15, -0.1) is 0 Å². The van der Waals surface area contributed by atoms with E-state index in [1.165, 1.54) is 12.8 Å². The smallest absolute Gasteiger partial charge is 0.109 e. The molecule has 0 aromatic carbocycles. The van der Waals surface area contributed by atoms with Crippen LogP contribution >= 0.6 is 0 Å². The van der Waals surface area contributed by atoms with Gasteiger partial charge in [-0.05, 0) is 12.8 Å². The molecule has 1 N–H and O–H groups in total. The van der Waals surface area contributed by atoms with Crippen LogP contribution in [0.25, 0.3) is 0 Å². The number of hydrogen-bond acceptors (Lipinski definition) is 2. The molecule has 0 amide bonds. The van der Waals surface area contributed by atoms with Crippen LogP contribution in [0.5, 0.6) is 0 Å². The maximum Gasteiger partial charge on any atom is 0.109 e. The normalized spacial score (nSPS) is 16.4. The van der Waals surface area contributed by atoms with Gasteiger partial charge in [-0.2, -0.15) is 0 Å². The van der Waals surface area contributed by atoms with Crippen LogP contribution in [0.15, 0.2) is 0 Å². The Morgan fingerprint density at radius 2 is 1.13 bits per heavy atom. The molecule has 1 aliphatic heterocycles. The molecule has 0 bridgehead atoms. The van der Waals surface area contributed by atoms with Gasteiger partial charge in [-0.25, -0.2) is 0 Å². The molecular weight excluding hydrogens is 213 g/mol. The van der Waals surface area contributed by atoms with E-state index in [1.54, 1.807) is 0 Å². The van der Waals surface area contributed by atoms with E-state index >= 15 is 0 Å². The Hall–Kier alpha value is 0.951. The van der Waals surface area contributed by atoms with Gasteiger partial charge in [0.1, 0.15) is 16.5 Å². The van der Waals surface area contributed by atoms with Gasteiger partial charge in [0.15, 0.2) is 0 Å². The summed E-state index contributed by atoms with van der Waals surface area (Å²) in [6.07, 6.45) is 2.56. The van der Waals surface area contributed by atoms with Crippen LogP contribution in [0.3, 0.4) is 0 Å². The minimum atomic E-state index is -0.981. The molecule has 15 heavy (non-hydrogen) atoms. The molecule has 0 aromatic heterocycles. The minimum Gasteiger partial charge on any atom is -0.381 e. The Kier molecular flexibility index (Phi) is 9.90. The first-order valence-corrected chi connectivity index (χ1v) is 12.6. The molecule has 1 aliphatic rings. The van der Waals surface area contributed by atoms with Crippen molar-refractivity contribution in [2.75, 3.05) is 13.2 Å². The van der Waals surface area contributed by atoms with E-state index < -0.39 is 16.5 Å². The zero-order valence-electron chi connectivity index (χ0n) is 11.7. The van der Waals surface area contributed by atoms with Crippen molar-refractivity contribution in [1.82, 2.24) is 4.65 Å². The van der Waals surface area contributed by atoms with Crippen LogP contribution < -0.4 is 4.65 Å². The molecule has 0 aromatic rings. The summed E-state index contributed by atoms with van der Waals surface area (Å²) in [6.45, 7) is 16.1. The molecule has 87 valence electrons. The summed E-state index contributed by atoms with van der Waals surface area (Å²) in [6, 6.07) is 0. The van der Waals surface area contributed by atoms with E-state index in [0.29, 0.717) is 0 Å². The quantitative estimate of drug-likeness (QED) is 0.749. The maximum absolute atomic E-state index is 4.94. The van der Waals surface area contributed by atoms with Gasteiger partial charge in [0.25, 0.3) is 0 Å². The Morgan fingerprint density at radius 1 is 0.800 bits per heavy atom. The Morgan fingerprint density at radius 3 is 1.20 bits per heavy atom. The fourth-order valence-electron chi connectivity index (χ4n) is 1.64. The third-order valence-electron chi connectivity index (χ3n) is 1.58. The van der Waals surface area contributed by atoms with Gasteiger partial charge in [0.05, 0.1) is 0 Å². The monoisotopic (exact) mass is 240 g/mol. The summed E-state index contributed by atoms with van der Waals surface area (Å²) in [5, 5.41) is 0. The second-order valence-corrected chi connectivity index (χ2v) is 15.9. The summed E-state index contributed by atoms with van der Waals surface area (Å²) in [7, 11) is -1.96. The topological polar surface area (TPSA) is 21.3 Å². The van der Waals surface area contributed by atoms with Gasteiger partial charge >= 0.3 is 0 Å². The number of hydrogen-bond donors (Lipinski definition) is 1. The number of rotatable bonds is 2. The predicted octanol–water partition coefficient (Wildman–Crippen LogP) is 2.66. The summed E-state index contributed by atoms with van der Waals surface area (Å²) >= 11 is 0. The molecule has 0 unspecified atom stereocenters. The first kappa shape index (κ1) is 18.3. The van der Waals surface area contributed by atoms with Crippen molar-refractivity contribution < 1.29 is 4.74 Å². The number of nitrogens with one attached hydrogen (secondary N) is 1. The van der Waals surface area contributed by atoms with Crippen molar-refractivity contribution in [1.29, 1.82) is 0 Å². The van der Waals surface area contributed by atoms with E-state index in [2.05, 4.69) is 43.9 Å². The van der Waals surface area contributed by atoms with Gasteiger partial charge < -0.3 is 9.38 Å². The van der Waals surface area contributed by atoms with Crippen molar-refractivity contribution in [3.63, 3.8) is 0 Å². The second-order valence-electron chi connectivity index (χ2n) is 5.94. The standard InChI is InChI=1S/C6H19NSi2.C4H8O.Li/c1-8(2,3)7-9(4,5)6;1-2-4-5-3-1;/h7H,1-6H3;1-4H2;. The first-order valence-electron chi connectivity index (χ1n) is 5.58. The molecule has 1 heterocycles. The van der Waals surface area contributed by atoms with Crippen LogP contribution in [-0.4, -0.2) is 48.5 Å². The van der Waals surface area contributed by atoms with Crippen molar-refractivity contribution in [2.45, 2.75) is 52.1 Å². The molecule has 0 atom stereocenters. The predicted molar refractivity (Wildman–Crippen MR) is 75.6 cm³/mol. The average Bonchev–Trinajstić information content (AvgIpc) is 2.29. The van der Waals surface area contributed by atoms with Crippen LogP contribution in [-0.2, 0) is 4.74 Å².